The Morgan fingerprint density at radius 3 is 2.85 bits per heavy atom. The average Bonchev–Trinajstić information content (AvgIpc) is 3.01. The van der Waals surface area contributed by atoms with E-state index in [1.807, 2.05) is 54.6 Å². The molecule has 1 heterocycles. The van der Waals surface area contributed by atoms with Crippen molar-refractivity contribution in [2.45, 2.75) is 25.8 Å². The minimum atomic E-state index is -0.217. The fraction of sp³-hybridized carbons (Fsp3) is 0.269. The summed E-state index contributed by atoms with van der Waals surface area (Å²) in [5.41, 5.74) is 3.24. The fourth-order valence-corrected chi connectivity index (χ4v) is 3.94. The highest BCUT2D eigenvalue weighted by molar-refractivity contribution is 5.97. The van der Waals surface area contributed by atoms with E-state index in [1.54, 1.807) is 0 Å². The Hall–Kier alpha value is -3.91. The summed E-state index contributed by atoms with van der Waals surface area (Å²) in [7, 11) is 1.49. The van der Waals surface area contributed by atoms with Gasteiger partial charge >= 0.3 is 0 Å². The molecule has 2 atom stereocenters. The average molecular weight is 457 g/mol. The third-order valence-electron chi connectivity index (χ3n) is 5.71. The molecule has 0 aliphatic heterocycles. The third-order valence-corrected chi connectivity index (χ3v) is 5.71. The number of nitrogens with zero attached hydrogens (tertiary/aromatic N) is 4. The van der Waals surface area contributed by atoms with Crippen molar-refractivity contribution in [3.8, 4) is 11.4 Å². The number of allylic oxidation sites excluding steroid dienone is 1. The zero-order valence-corrected chi connectivity index (χ0v) is 19.4. The Labute approximate surface area is 198 Å². The van der Waals surface area contributed by atoms with Crippen molar-refractivity contribution in [3.63, 3.8) is 0 Å². The summed E-state index contributed by atoms with van der Waals surface area (Å²) >= 11 is 0. The minimum absolute atomic E-state index is 0.00637. The van der Waals surface area contributed by atoms with Gasteiger partial charge in [-0.05, 0) is 43.2 Å². The summed E-state index contributed by atoms with van der Waals surface area (Å²) in [5, 5.41) is 15.2. The van der Waals surface area contributed by atoms with Gasteiger partial charge in [-0.1, -0.05) is 37.3 Å². The lowest BCUT2D eigenvalue weighted by atomic mass is 10.0. The summed E-state index contributed by atoms with van der Waals surface area (Å²) < 4.78 is 4.90. The van der Waals surface area contributed by atoms with Crippen LogP contribution in [0.3, 0.4) is 0 Å². The van der Waals surface area contributed by atoms with E-state index in [0.717, 1.165) is 40.8 Å². The van der Waals surface area contributed by atoms with Gasteiger partial charge in [-0.25, -0.2) is 9.97 Å². The second-order valence-electron chi connectivity index (χ2n) is 8.23. The van der Waals surface area contributed by atoms with E-state index >= 15 is 0 Å². The second kappa shape index (κ2) is 10.8. The lowest BCUT2D eigenvalue weighted by Gasteiger charge is -2.17. The monoisotopic (exact) mass is 456 g/mol. The number of anilines is 2. The van der Waals surface area contributed by atoms with Crippen molar-refractivity contribution in [2.24, 2.45) is 16.1 Å². The van der Waals surface area contributed by atoms with Crippen molar-refractivity contribution >= 4 is 40.7 Å². The third kappa shape index (κ3) is 5.52. The molecule has 174 valence electrons. The number of rotatable bonds is 7. The summed E-state index contributed by atoms with van der Waals surface area (Å²) in [4.78, 5) is 21.6. The molecule has 0 spiro atoms. The van der Waals surface area contributed by atoms with Gasteiger partial charge in [0.05, 0.1) is 11.2 Å². The largest absolute Gasteiger partial charge is 0.375 e. The van der Waals surface area contributed by atoms with Crippen LogP contribution >= 0.6 is 0 Å². The van der Waals surface area contributed by atoms with Crippen molar-refractivity contribution in [1.29, 1.82) is 0 Å². The van der Waals surface area contributed by atoms with Gasteiger partial charge in [-0.3, -0.25) is 4.79 Å². The molecule has 1 amide bonds. The smallest absolute Gasteiger partial charge is 0.250 e. The highest BCUT2D eigenvalue weighted by Crippen LogP contribution is 2.28. The number of carbonyl (C=O) groups is 1. The minimum Gasteiger partial charge on any atom is -0.375 e. The molecule has 3 aromatic rings. The molecule has 0 radical (unpaired) electrons. The molecule has 2 unspecified atom stereocenters. The van der Waals surface area contributed by atoms with Crippen molar-refractivity contribution in [1.82, 2.24) is 9.97 Å². The summed E-state index contributed by atoms with van der Waals surface area (Å²) in [6, 6.07) is 15.5. The van der Waals surface area contributed by atoms with Crippen LogP contribution in [0.4, 0.5) is 11.5 Å². The van der Waals surface area contributed by atoms with Crippen molar-refractivity contribution in [2.75, 3.05) is 24.4 Å². The number of hydrogen-bond acceptors (Lipinski definition) is 7. The molecule has 0 fully saturated rings. The van der Waals surface area contributed by atoms with E-state index in [0.29, 0.717) is 17.4 Å². The number of methoxy groups -OCH3 is 1. The van der Waals surface area contributed by atoms with Gasteiger partial charge in [0, 0.05) is 42.4 Å². The number of ether oxygens (including phenoxy) is 1. The SMILES string of the molecule is C=N/N=C1\C=CC(Nc2nc(-c3cccc(NC(=O)COC)c3)nc3ccccc23)CCC1C. The molecule has 0 saturated carbocycles. The normalized spacial score (nSPS) is 19.1. The molecule has 4 rings (SSSR count). The molecule has 2 aromatic carbocycles. The maximum atomic E-state index is 11.9. The van der Waals surface area contributed by atoms with Crippen LogP contribution < -0.4 is 10.6 Å². The number of nitrogens with one attached hydrogen (secondary N) is 2. The molecule has 0 bridgehead atoms. The molecule has 34 heavy (non-hydrogen) atoms. The quantitative estimate of drug-likeness (QED) is 0.396. The van der Waals surface area contributed by atoms with Gasteiger partial charge in [0.15, 0.2) is 5.82 Å². The first kappa shape index (κ1) is 23.3. The van der Waals surface area contributed by atoms with Gasteiger partial charge in [0.25, 0.3) is 0 Å². The Morgan fingerprint density at radius 2 is 2.03 bits per heavy atom. The number of fused-ring (bicyclic) bond motifs is 1. The fourth-order valence-electron chi connectivity index (χ4n) is 3.94. The van der Waals surface area contributed by atoms with Crippen LogP contribution in [0.2, 0.25) is 0 Å². The number of para-hydroxylation sites is 1. The number of carbonyl (C=O) groups excluding carboxylic acids is 1. The maximum absolute atomic E-state index is 11.9. The first-order valence-electron chi connectivity index (χ1n) is 11.2. The van der Waals surface area contributed by atoms with Crippen LogP contribution in [0.15, 0.2) is 70.9 Å². The Bertz CT molecular complexity index is 1250. The van der Waals surface area contributed by atoms with E-state index in [9.17, 15) is 4.79 Å². The van der Waals surface area contributed by atoms with Gasteiger partial charge < -0.3 is 15.4 Å². The molecule has 8 heteroatoms. The van der Waals surface area contributed by atoms with Crippen LogP contribution in [0.1, 0.15) is 19.8 Å². The molecule has 1 aliphatic carbocycles. The van der Waals surface area contributed by atoms with Gasteiger partial charge in [-0.15, -0.1) is 0 Å². The lowest BCUT2D eigenvalue weighted by molar-refractivity contribution is -0.119. The van der Waals surface area contributed by atoms with Crippen molar-refractivity contribution in [3.05, 3.63) is 60.7 Å². The second-order valence-corrected chi connectivity index (χ2v) is 8.23. The van der Waals surface area contributed by atoms with Gasteiger partial charge in [0.1, 0.15) is 12.4 Å². The highest BCUT2D eigenvalue weighted by atomic mass is 16.5. The van der Waals surface area contributed by atoms with Crippen molar-refractivity contribution < 1.29 is 9.53 Å². The van der Waals surface area contributed by atoms with Gasteiger partial charge in [-0.2, -0.15) is 10.2 Å². The summed E-state index contributed by atoms with van der Waals surface area (Å²) in [6.45, 7) is 5.62. The first-order valence-corrected chi connectivity index (χ1v) is 11.2. The molecule has 1 aromatic heterocycles. The standard InChI is InChI=1S/C26H28N6O2/c1-17-11-12-19(13-14-22(17)32-27-2)29-26-21-9-4-5-10-23(21)30-25(31-26)18-7-6-8-20(15-18)28-24(33)16-34-3/h4-10,13-15,17,19H,2,11-12,16H2,1,3H3,(H,28,33)(H,29,30,31)/b32-22+. The van der Waals surface area contributed by atoms with Gasteiger partial charge in [0.2, 0.25) is 5.91 Å². The first-order chi connectivity index (χ1) is 16.6. The summed E-state index contributed by atoms with van der Waals surface area (Å²) in [6.07, 6.45) is 6.02. The van der Waals surface area contributed by atoms with E-state index in [4.69, 9.17) is 14.7 Å². The molecular weight excluding hydrogens is 428 g/mol. The van der Waals surface area contributed by atoms with Crippen LogP contribution in [0.25, 0.3) is 22.3 Å². The number of aromatic nitrogens is 2. The van der Waals surface area contributed by atoms with E-state index in [1.165, 1.54) is 7.11 Å². The molecule has 1 aliphatic rings. The molecule has 0 saturated heterocycles. The van der Waals surface area contributed by atoms with Crippen LogP contribution in [-0.2, 0) is 9.53 Å². The Balaban J connectivity index is 1.67. The predicted octanol–water partition coefficient (Wildman–Crippen LogP) is 4.70. The molecular formula is C26H28N6O2. The zero-order chi connectivity index (χ0) is 23.9. The Morgan fingerprint density at radius 1 is 1.18 bits per heavy atom. The van der Waals surface area contributed by atoms with E-state index in [-0.39, 0.29) is 18.6 Å². The maximum Gasteiger partial charge on any atom is 0.250 e. The number of hydrogen-bond donors (Lipinski definition) is 2. The molecule has 2 N–H and O–H groups in total. The zero-order valence-electron chi connectivity index (χ0n) is 19.4. The van der Waals surface area contributed by atoms with E-state index in [2.05, 4.69) is 40.6 Å². The number of benzene rings is 2. The highest BCUT2D eigenvalue weighted by Gasteiger charge is 2.18. The van der Waals surface area contributed by atoms with Crippen LogP contribution in [0, 0.1) is 5.92 Å². The predicted molar refractivity (Wildman–Crippen MR) is 137 cm³/mol. The van der Waals surface area contributed by atoms with Crippen LogP contribution in [-0.4, -0.2) is 48.1 Å². The lowest BCUT2D eigenvalue weighted by Crippen LogP contribution is -2.18. The number of amides is 1. The van der Waals surface area contributed by atoms with Crippen LogP contribution in [0.5, 0.6) is 0 Å². The Kier molecular flexibility index (Phi) is 7.39. The summed E-state index contributed by atoms with van der Waals surface area (Å²) in [5.74, 6) is 1.43. The molecule has 8 nitrogen and oxygen atoms in total. The van der Waals surface area contributed by atoms with E-state index < -0.39 is 0 Å². The topological polar surface area (TPSA) is 101 Å².